The van der Waals surface area contributed by atoms with Gasteiger partial charge in [-0.3, -0.25) is 4.79 Å². The Morgan fingerprint density at radius 1 is 1.23 bits per heavy atom. The summed E-state index contributed by atoms with van der Waals surface area (Å²) in [6, 6.07) is 8.29. The first-order valence-corrected chi connectivity index (χ1v) is 8.35. The Hall–Kier alpha value is -1.56. The average molecular weight is 369 g/mol. The van der Waals surface area contributed by atoms with E-state index in [1.807, 2.05) is 4.90 Å². The minimum Gasteiger partial charge on any atom is -0.481 e. The number of rotatable bonds is 5. The molecule has 1 saturated heterocycles. The molecule has 0 aromatic heterocycles. The number of likely N-dealkylation sites (tertiary alicyclic amines) is 1. The van der Waals surface area contributed by atoms with E-state index in [1.165, 1.54) is 5.56 Å². The number of urea groups is 1. The number of hydrogen-bond donors (Lipinski definition) is 2. The number of piperidine rings is 1. The Labute approximate surface area is 138 Å². The highest BCUT2D eigenvalue weighted by Crippen LogP contribution is 2.28. The lowest BCUT2D eigenvalue weighted by atomic mass is 9.90. The van der Waals surface area contributed by atoms with E-state index in [1.54, 1.807) is 0 Å². The molecular weight excluding hydrogens is 348 g/mol. The molecule has 2 rings (SSSR count). The zero-order valence-corrected chi connectivity index (χ0v) is 14.0. The van der Waals surface area contributed by atoms with Gasteiger partial charge in [-0.05, 0) is 42.9 Å². The van der Waals surface area contributed by atoms with Gasteiger partial charge >= 0.3 is 12.0 Å². The van der Waals surface area contributed by atoms with Crippen molar-refractivity contribution in [3.05, 3.63) is 34.3 Å². The second-order valence-electron chi connectivity index (χ2n) is 5.54. The Morgan fingerprint density at radius 3 is 2.45 bits per heavy atom. The van der Waals surface area contributed by atoms with Gasteiger partial charge in [-0.2, -0.15) is 0 Å². The topological polar surface area (TPSA) is 69.6 Å². The van der Waals surface area contributed by atoms with Crippen LogP contribution in [0.15, 0.2) is 28.7 Å². The van der Waals surface area contributed by atoms with Crippen LogP contribution in [0.2, 0.25) is 0 Å². The molecule has 1 fully saturated rings. The second kappa shape index (κ2) is 8.17. The summed E-state index contributed by atoms with van der Waals surface area (Å²) >= 11 is 3.44. The molecule has 0 bridgehead atoms. The second-order valence-corrected chi connectivity index (χ2v) is 6.46. The maximum Gasteiger partial charge on any atom is 0.317 e. The highest BCUT2D eigenvalue weighted by molar-refractivity contribution is 9.10. The number of carboxylic acid groups (broad SMARTS) is 1. The van der Waals surface area contributed by atoms with Crippen molar-refractivity contribution < 1.29 is 14.7 Å². The normalized spacial score (nSPS) is 15.6. The van der Waals surface area contributed by atoms with Gasteiger partial charge in [0.15, 0.2) is 0 Å². The van der Waals surface area contributed by atoms with Gasteiger partial charge in [-0.25, -0.2) is 4.79 Å². The fourth-order valence-electron chi connectivity index (χ4n) is 2.70. The van der Waals surface area contributed by atoms with E-state index in [2.05, 4.69) is 45.5 Å². The van der Waals surface area contributed by atoms with Crippen LogP contribution in [0.4, 0.5) is 4.79 Å². The lowest BCUT2D eigenvalue weighted by Gasteiger charge is -2.32. The predicted molar refractivity (Wildman–Crippen MR) is 88.0 cm³/mol. The molecule has 1 aromatic rings. The molecule has 1 heterocycles. The van der Waals surface area contributed by atoms with Crippen LogP contribution < -0.4 is 5.32 Å². The number of carboxylic acids is 1. The zero-order valence-electron chi connectivity index (χ0n) is 12.4. The fourth-order valence-corrected chi connectivity index (χ4v) is 2.96. The maximum atomic E-state index is 12.0. The first-order chi connectivity index (χ1) is 10.6. The maximum absolute atomic E-state index is 12.0. The molecule has 120 valence electrons. The van der Waals surface area contributed by atoms with Gasteiger partial charge < -0.3 is 15.3 Å². The first kappa shape index (κ1) is 16.8. The number of halogens is 1. The zero-order chi connectivity index (χ0) is 15.9. The van der Waals surface area contributed by atoms with Crippen molar-refractivity contribution in [1.82, 2.24) is 10.2 Å². The molecule has 1 aliphatic heterocycles. The number of carbonyl (C=O) groups is 2. The lowest BCUT2D eigenvalue weighted by molar-refractivity contribution is -0.137. The molecule has 22 heavy (non-hydrogen) atoms. The standard InChI is InChI=1S/C16H21BrN2O3/c17-14-5-3-12(4-6-14)13-7-10-19(11-8-13)16(22)18-9-1-2-15(20)21/h3-6,13H,1-2,7-11H2,(H,18,22)(H,20,21). The van der Waals surface area contributed by atoms with E-state index in [-0.39, 0.29) is 12.5 Å². The number of carbonyl (C=O) groups excluding carboxylic acids is 1. The van der Waals surface area contributed by atoms with E-state index in [4.69, 9.17) is 5.11 Å². The summed E-state index contributed by atoms with van der Waals surface area (Å²) in [7, 11) is 0. The van der Waals surface area contributed by atoms with Crippen molar-refractivity contribution in [3.63, 3.8) is 0 Å². The van der Waals surface area contributed by atoms with Crippen molar-refractivity contribution in [2.24, 2.45) is 0 Å². The summed E-state index contributed by atoms with van der Waals surface area (Å²) in [4.78, 5) is 24.2. The van der Waals surface area contributed by atoms with Gasteiger partial charge in [0.1, 0.15) is 0 Å². The van der Waals surface area contributed by atoms with E-state index >= 15 is 0 Å². The van der Waals surface area contributed by atoms with Gasteiger partial charge in [-0.1, -0.05) is 28.1 Å². The molecule has 0 spiro atoms. The summed E-state index contributed by atoms with van der Waals surface area (Å²) in [6.07, 6.45) is 2.48. The van der Waals surface area contributed by atoms with Crippen molar-refractivity contribution in [3.8, 4) is 0 Å². The molecule has 2 amide bonds. The monoisotopic (exact) mass is 368 g/mol. The highest BCUT2D eigenvalue weighted by atomic mass is 79.9. The van der Waals surface area contributed by atoms with Crippen LogP contribution in [0.3, 0.4) is 0 Å². The summed E-state index contributed by atoms with van der Waals surface area (Å²) in [5, 5.41) is 11.3. The van der Waals surface area contributed by atoms with E-state index in [0.717, 1.165) is 30.4 Å². The molecule has 0 saturated carbocycles. The Kier molecular flexibility index (Phi) is 6.24. The fraction of sp³-hybridized carbons (Fsp3) is 0.500. The first-order valence-electron chi connectivity index (χ1n) is 7.56. The Morgan fingerprint density at radius 2 is 1.86 bits per heavy atom. The third kappa shape index (κ3) is 5.02. The van der Waals surface area contributed by atoms with Crippen LogP contribution in [-0.4, -0.2) is 41.6 Å². The lowest BCUT2D eigenvalue weighted by Crippen LogP contribution is -2.44. The molecule has 0 radical (unpaired) electrons. The molecule has 2 N–H and O–H groups in total. The van der Waals surface area contributed by atoms with Gasteiger partial charge in [0.05, 0.1) is 0 Å². The summed E-state index contributed by atoms with van der Waals surface area (Å²) < 4.78 is 1.08. The third-order valence-electron chi connectivity index (χ3n) is 3.97. The summed E-state index contributed by atoms with van der Waals surface area (Å²) in [5.74, 6) is -0.325. The number of aliphatic carboxylic acids is 1. The number of nitrogens with one attached hydrogen (secondary N) is 1. The molecule has 0 atom stereocenters. The van der Waals surface area contributed by atoms with Crippen LogP contribution in [0.25, 0.3) is 0 Å². The van der Waals surface area contributed by atoms with Gasteiger partial charge in [-0.15, -0.1) is 0 Å². The number of amides is 2. The molecule has 1 aliphatic rings. The smallest absolute Gasteiger partial charge is 0.317 e. The number of hydrogen-bond acceptors (Lipinski definition) is 2. The van der Waals surface area contributed by atoms with E-state index in [0.29, 0.717) is 18.9 Å². The van der Waals surface area contributed by atoms with Crippen molar-refractivity contribution in [1.29, 1.82) is 0 Å². The molecule has 6 heteroatoms. The minimum atomic E-state index is -0.829. The quantitative estimate of drug-likeness (QED) is 0.784. The largest absolute Gasteiger partial charge is 0.481 e. The van der Waals surface area contributed by atoms with Crippen LogP contribution in [0.1, 0.15) is 37.2 Å². The highest BCUT2D eigenvalue weighted by Gasteiger charge is 2.23. The average Bonchev–Trinajstić information content (AvgIpc) is 2.52. The Bertz CT molecular complexity index is 511. The molecule has 0 aliphatic carbocycles. The number of nitrogens with zero attached hydrogens (tertiary/aromatic N) is 1. The van der Waals surface area contributed by atoms with E-state index in [9.17, 15) is 9.59 Å². The van der Waals surface area contributed by atoms with Gasteiger partial charge in [0.25, 0.3) is 0 Å². The van der Waals surface area contributed by atoms with Gasteiger partial charge in [0.2, 0.25) is 0 Å². The Balaban J connectivity index is 1.73. The van der Waals surface area contributed by atoms with Crippen LogP contribution >= 0.6 is 15.9 Å². The van der Waals surface area contributed by atoms with Crippen LogP contribution in [0, 0.1) is 0 Å². The van der Waals surface area contributed by atoms with E-state index < -0.39 is 5.97 Å². The van der Waals surface area contributed by atoms with Crippen molar-refractivity contribution in [2.75, 3.05) is 19.6 Å². The molecular formula is C16H21BrN2O3. The SMILES string of the molecule is O=C(O)CCCNC(=O)N1CCC(c2ccc(Br)cc2)CC1. The van der Waals surface area contributed by atoms with Crippen molar-refractivity contribution >= 4 is 27.9 Å². The van der Waals surface area contributed by atoms with Crippen molar-refractivity contribution in [2.45, 2.75) is 31.6 Å². The summed E-state index contributed by atoms with van der Waals surface area (Å²) in [6.45, 7) is 1.90. The molecule has 5 nitrogen and oxygen atoms in total. The van der Waals surface area contributed by atoms with Crippen LogP contribution in [-0.2, 0) is 4.79 Å². The van der Waals surface area contributed by atoms with Gasteiger partial charge in [0, 0.05) is 30.5 Å². The minimum absolute atomic E-state index is 0.0837. The predicted octanol–water partition coefficient (Wildman–Crippen LogP) is 3.20. The van der Waals surface area contributed by atoms with Crippen LogP contribution in [0.5, 0.6) is 0 Å². The molecule has 1 aromatic carbocycles. The molecule has 0 unspecified atom stereocenters. The number of benzene rings is 1. The summed E-state index contributed by atoms with van der Waals surface area (Å²) in [5.41, 5.74) is 1.32. The third-order valence-corrected chi connectivity index (χ3v) is 4.50.